The fourth-order valence-corrected chi connectivity index (χ4v) is 4.01. The van der Waals surface area contributed by atoms with Crippen LogP contribution in [0.4, 0.5) is 10.6 Å². The van der Waals surface area contributed by atoms with Gasteiger partial charge in [-0.2, -0.15) is 0 Å². The second-order valence-electron chi connectivity index (χ2n) is 6.97. The monoisotopic (exact) mass is 357 g/mol. The van der Waals surface area contributed by atoms with Crippen LogP contribution in [0.1, 0.15) is 19.3 Å². The number of rotatable bonds is 3. The molecule has 138 valence electrons. The van der Waals surface area contributed by atoms with Gasteiger partial charge in [0.1, 0.15) is 23.8 Å². The molecule has 4 heterocycles. The molecule has 0 spiro atoms. The van der Waals surface area contributed by atoms with Crippen LogP contribution in [0.5, 0.6) is 0 Å². The standard InChI is InChI=1S/C17H23N7O2/c1-22(17(26)24-7-2-3-13(24)14(18)25)11-5-8-23(9-11)16-12-4-6-19-15(12)20-10-21-16/h4,6,10-11,13H,2-3,5,7-9H2,1H3,(H2,18,25)(H,19,20,21)/t11-,13-/m1/s1. The molecular weight excluding hydrogens is 334 g/mol. The van der Waals surface area contributed by atoms with Crippen LogP contribution in [0.2, 0.25) is 0 Å². The van der Waals surface area contributed by atoms with Gasteiger partial charge in [-0.05, 0) is 25.3 Å². The van der Waals surface area contributed by atoms with Gasteiger partial charge in [0.05, 0.1) is 11.4 Å². The summed E-state index contributed by atoms with van der Waals surface area (Å²) in [7, 11) is 1.80. The van der Waals surface area contributed by atoms with E-state index >= 15 is 0 Å². The zero-order valence-corrected chi connectivity index (χ0v) is 14.8. The molecule has 3 N–H and O–H groups in total. The molecular formula is C17H23N7O2. The van der Waals surface area contributed by atoms with Crippen LogP contribution in [-0.2, 0) is 4.79 Å². The number of anilines is 1. The lowest BCUT2D eigenvalue weighted by molar-refractivity contribution is -0.121. The lowest BCUT2D eigenvalue weighted by Gasteiger charge is -2.31. The number of amides is 3. The van der Waals surface area contributed by atoms with Gasteiger partial charge in [-0.3, -0.25) is 4.79 Å². The Labute approximate surface area is 151 Å². The molecule has 0 saturated carbocycles. The fraction of sp³-hybridized carbons (Fsp3) is 0.529. The summed E-state index contributed by atoms with van der Waals surface area (Å²) in [5.74, 6) is 0.462. The van der Waals surface area contributed by atoms with Crippen molar-refractivity contribution in [2.24, 2.45) is 5.73 Å². The van der Waals surface area contributed by atoms with E-state index in [1.165, 1.54) is 0 Å². The second-order valence-corrected chi connectivity index (χ2v) is 6.97. The van der Waals surface area contributed by atoms with Crippen LogP contribution >= 0.6 is 0 Å². The predicted molar refractivity (Wildman–Crippen MR) is 96.6 cm³/mol. The van der Waals surface area contributed by atoms with Crippen molar-refractivity contribution in [1.29, 1.82) is 0 Å². The molecule has 0 aromatic carbocycles. The van der Waals surface area contributed by atoms with Gasteiger partial charge in [-0.25, -0.2) is 14.8 Å². The van der Waals surface area contributed by atoms with E-state index in [-0.39, 0.29) is 12.1 Å². The normalized spacial score (nSPS) is 23.0. The number of H-pyrrole nitrogens is 1. The maximum atomic E-state index is 12.9. The van der Waals surface area contributed by atoms with E-state index in [0.29, 0.717) is 19.5 Å². The third kappa shape index (κ3) is 2.73. The Balaban J connectivity index is 1.47. The molecule has 0 aliphatic carbocycles. The molecule has 9 heteroatoms. The summed E-state index contributed by atoms with van der Waals surface area (Å²) in [4.78, 5) is 41.7. The van der Waals surface area contributed by atoms with Crippen LogP contribution in [0.15, 0.2) is 18.6 Å². The number of aromatic amines is 1. The molecule has 2 atom stereocenters. The Morgan fingerprint density at radius 3 is 2.96 bits per heavy atom. The predicted octanol–water partition coefficient (Wildman–Crippen LogP) is 0.538. The number of urea groups is 1. The number of hydrogen-bond donors (Lipinski definition) is 2. The number of nitrogens with two attached hydrogens (primary N) is 1. The molecule has 0 radical (unpaired) electrons. The van der Waals surface area contributed by atoms with E-state index in [4.69, 9.17) is 5.73 Å². The first-order valence-electron chi connectivity index (χ1n) is 8.92. The highest BCUT2D eigenvalue weighted by Gasteiger charge is 2.37. The maximum absolute atomic E-state index is 12.9. The average molecular weight is 357 g/mol. The number of likely N-dealkylation sites (tertiary alicyclic amines) is 1. The number of nitrogens with one attached hydrogen (secondary N) is 1. The van der Waals surface area contributed by atoms with Crippen molar-refractivity contribution in [1.82, 2.24) is 24.8 Å². The van der Waals surface area contributed by atoms with Gasteiger partial charge in [-0.15, -0.1) is 0 Å². The van der Waals surface area contributed by atoms with Crippen molar-refractivity contribution in [3.63, 3.8) is 0 Å². The largest absolute Gasteiger partial charge is 0.368 e. The molecule has 26 heavy (non-hydrogen) atoms. The van der Waals surface area contributed by atoms with Gasteiger partial charge in [0.25, 0.3) is 0 Å². The topological polar surface area (TPSA) is 111 Å². The molecule has 0 bridgehead atoms. The van der Waals surface area contributed by atoms with Crippen LogP contribution in [-0.4, -0.2) is 75.5 Å². The highest BCUT2D eigenvalue weighted by atomic mass is 16.2. The van der Waals surface area contributed by atoms with Gasteiger partial charge in [-0.1, -0.05) is 0 Å². The summed E-state index contributed by atoms with van der Waals surface area (Å²) in [5.41, 5.74) is 6.25. The van der Waals surface area contributed by atoms with Gasteiger partial charge >= 0.3 is 6.03 Å². The molecule has 4 rings (SSSR count). The summed E-state index contributed by atoms with van der Waals surface area (Å²) in [5, 5.41) is 0.982. The number of nitrogens with zero attached hydrogens (tertiary/aromatic N) is 5. The number of fused-ring (bicyclic) bond motifs is 1. The summed E-state index contributed by atoms with van der Waals surface area (Å²) >= 11 is 0. The van der Waals surface area contributed by atoms with Crippen molar-refractivity contribution >= 4 is 28.8 Å². The minimum atomic E-state index is -0.483. The zero-order chi connectivity index (χ0) is 18.3. The Morgan fingerprint density at radius 2 is 2.15 bits per heavy atom. The number of aromatic nitrogens is 3. The Hall–Kier alpha value is -2.84. The second kappa shape index (κ2) is 6.47. The van der Waals surface area contributed by atoms with E-state index in [0.717, 1.165) is 36.2 Å². The van der Waals surface area contributed by atoms with Crippen molar-refractivity contribution in [2.75, 3.05) is 31.6 Å². The molecule has 9 nitrogen and oxygen atoms in total. The van der Waals surface area contributed by atoms with E-state index in [1.807, 2.05) is 12.3 Å². The van der Waals surface area contributed by atoms with Gasteiger partial charge in [0.15, 0.2) is 0 Å². The summed E-state index contributed by atoms with van der Waals surface area (Å²) in [6.07, 6.45) is 5.73. The van der Waals surface area contributed by atoms with E-state index in [1.54, 1.807) is 23.2 Å². The molecule has 2 fully saturated rings. The fourth-order valence-electron chi connectivity index (χ4n) is 4.01. The lowest BCUT2D eigenvalue weighted by Crippen LogP contribution is -2.51. The first-order valence-corrected chi connectivity index (χ1v) is 8.92. The first kappa shape index (κ1) is 16.6. The van der Waals surface area contributed by atoms with Crippen LogP contribution in [0.3, 0.4) is 0 Å². The number of carbonyl (C=O) groups excluding carboxylic acids is 2. The van der Waals surface area contributed by atoms with E-state index in [2.05, 4.69) is 19.9 Å². The van der Waals surface area contributed by atoms with Gasteiger partial charge in [0.2, 0.25) is 5.91 Å². The Bertz CT molecular complexity index is 835. The minimum Gasteiger partial charge on any atom is -0.368 e. The first-order chi connectivity index (χ1) is 12.6. The molecule has 2 aliphatic rings. The summed E-state index contributed by atoms with van der Waals surface area (Å²) in [6.45, 7) is 2.11. The Morgan fingerprint density at radius 1 is 1.31 bits per heavy atom. The molecule has 3 amide bonds. The number of primary amides is 1. The molecule has 0 unspecified atom stereocenters. The Kier molecular flexibility index (Phi) is 4.14. The van der Waals surface area contributed by atoms with Crippen molar-refractivity contribution < 1.29 is 9.59 Å². The van der Waals surface area contributed by atoms with Crippen molar-refractivity contribution in [3.05, 3.63) is 18.6 Å². The number of carbonyl (C=O) groups is 2. The van der Waals surface area contributed by atoms with Crippen molar-refractivity contribution in [3.8, 4) is 0 Å². The zero-order valence-electron chi connectivity index (χ0n) is 14.8. The average Bonchev–Trinajstić information content (AvgIpc) is 3.39. The maximum Gasteiger partial charge on any atom is 0.320 e. The van der Waals surface area contributed by atoms with Crippen LogP contribution in [0, 0.1) is 0 Å². The van der Waals surface area contributed by atoms with Crippen molar-refractivity contribution in [2.45, 2.75) is 31.3 Å². The molecule has 2 aromatic heterocycles. The van der Waals surface area contributed by atoms with Crippen LogP contribution < -0.4 is 10.6 Å². The molecule has 2 aromatic rings. The molecule has 2 aliphatic heterocycles. The number of hydrogen-bond acceptors (Lipinski definition) is 5. The van der Waals surface area contributed by atoms with Gasteiger partial charge < -0.3 is 25.4 Å². The van der Waals surface area contributed by atoms with E-state index < -0.39 is 11.9 Å². The third-order valence-electron chi connectivity index (χ3n) is 5.47. The SMILES string of the molecule is CN(C(=O)N1CCC[C@@H]1C(N)=O)[C@@H]1CCN(c2ncnc3[nH]ccc23)C1. The lowest BCUT2D eigenvalue weighted by atomic mass is 10.2. The van der Waals surface area contributed by atoms with E-state index in [9.17, 15) is 9.59 Å². The highest BCUT2D eigenvalue weighted by molar-refractivity contribution is 5.88. The molecule has 2 saturated heterocycles. The third-order valence-corrected chi connectivity index (χ3v) is 5.47. The quantitative estimate of drug-likeness (QED) is 0.833. The summed E-state index contributed by atoms with van der Waals surface area (Å²) in [6, 6.07) is 1.44. The van der Waals surface area contributed by atoms with Crippen LogP contribution in [0.25, 0.3) is 11.0 Å². The minimum absolute atomic E-state index is 0.0700. The van der Waals surface area contributed by atoms with Gasteiger partial charge in [0, 0.05) is 32.9 Å². The number of likely N-dealkylation sites (N-methyl/N-ethyl adjacent to an activating group) is 1. The smallest absolute Gasteiger partial charge is 0.320 e. The summed E-state index contributed by atoms with van der Waals surface area (Å²) < 4.78 is 0. The highest BCUT2D eigenvalue weighted by Crippen LogP contribution is 2.28.